The van der Waals surface area contributed by atoms with E-state index in [4.69, 9.17) is 4.74 Å². The first-order valence-corrected chi connectivity index (χ1v) is 11.1. The van der Waals surface area contributed by atoms with E-state index in [9.17, 15) is 4.79 Å². The molecular formula is C26H30N4O2. The number of aromatic nitrogens is 2. The van der Waals surface area contributed by atoms with Gasteiger partial charge >= 0.3 is 0 Å². The monoisotopic (exact) mass is 430 g/mol. The van der Waals surface area contributed by atoms with Crippen molar-refractivity contribution in [1.82, 2.24) is 15.1 Å². The molecule has 0 radical (unpaired) electrons. The minimum absolute atomic E-state index is 0.205. The molecule has 0 N–H and O–H groups in total. The predicted molar refractivity (Wildman–Crippen MR) is 127 cm³/mol. The molecule has 1 saturated heterocycles. The van der Waals surface area contributed by atoms with Crippen molar-refractivity contribution in [2.75, 3.05) is 38.2 Å². The van der Waals surface area contributed by atoms with Gasteiger partial charge < -0.3 is 14.5 Å². The van der Waals surface area contributed by atoms with Gasteiger partial charge in [0.1, 0.15) is 5.75 Å². The number of anilines is 1. The summed E-state index contributed by atoms with van der Waals surface area (Å²) in [6, 6.07) is 18.3. The Morgan fingerprint density at radius 3 is 2.31 bits per heavy atom. The van der Waals surface area contributed by atoms with Crippen LogP contribution in [0, 0.1) is 13.8 Å². The zero-order valence-corrected chi connectivity index (χ0v) is 19.0. The number of nitrogens with zero attached hydrogens (tertiary/aromatic N) is 4. The van der Waals surface area contributed by atoms with E-state index in [1.165, 1.54) is 11.1 Å². The summed E-state index contributed by atoms with van der Waals surface area (Å²) >= 11 is 0. The first-order valence-electron chi connectivity index (χ1n) is 11.1. The van der Waals surface area contributed by atoms with Crippen LogP contribution in [0.1, 0.15) is 23.1 Å². The van der Waals surface area contributed by atoms with Gasteiger partial charge in [0.05, 0.1) is 12.8 Å². The molecule has 4 rings (SSSR count). The number of piperazine rings is 1. The number of aryl methyl sites for hydroxylation is 3. The maximum Gasteiger partial charge on any atom is 0.223 e. The highest BCUT2D eigenvalue weighted by Gasteiger charge is 2.22. The van der Waals surface area contributed by atoms with Crippen LogP contribution in [-0.2, 0) is 11.2 Å². The Balaban J connectivity index is 1.29. The summed E-state index contributed by atoms with van der Waals surface area (Å²) in [4.78, 5) is 16.8. The van der Waals surface area contributed by atoms with Crippen LogP contribution in [-0.4, -0.2) is 54.3 Å². The zero-order chi connectivity index (χ0) is 22.5. The Bertz CT molecular complexity index is 1060. The van der Waals surface area contributed by atoms with Crippen LogP contribution in [0.25, 0.3) is 11.3 Å². The van der Waals surface area contributed by atoms with Crippen LogP contribution in [0.5, 0.6) is 5.75 Å². The van der Waals surface area contributed by atoms with E-state index in [0.29, 0.717) is 19.5 Å². The average Bonchev–Trinajstić information content (AvgIpc) is 2.83. The quantitative estimate of drug-likeness (QED) is 0.591. The lowest BCUT2D eigenvalue weighted by Gasteiger charge is -2.35. The van der Waals surface area contributed by atoms with Crippen molar-refractivity contribution in [3.8, 4) is 17.0 Å². The standard InChI is InChI=1S/C26H30N4O2/c1-19-4-10-23(20(2)18-19)24-11-12-25(28-27-24)29-14-16-30(17-15-29)26(31)13-7-21-5-8-22(32-3)9-6-21/h4-6,8-12,18H,7,13-17H2,1-3H3. The molecule has 0 saturated carbocycles. The number of rotatable bonds is 6. The summed E-state index contributed by atoms with van der Waals surface area (Å²) in [6.45, 7) is 7.15. The second kappa shape index (κ2) is 9.81. The lowest BCUT2D eigenvalue weighted by Crippen LogP contribution is -2.49. The predicted octanol–water partition coefficient (Wildman–Crippen LogP) is 4.05. The van der Waals surface area contributed by atoms with E-state index in [1.54, 1.807) is 7.11 Å². The molecule has 6 heteroatoms. The third-order valence-corrected chi connectivity index (χ3v) is 6.05. The number of hydrogen-bond donors (Lipinski definition) is 0. The Labute approximate surface area is 189 Å². The number of hydrogen-bond acceptors (Lipinski definition) is 5. The zero-order valence-electron chi connectivity index (χ0n) is 19.0. The smallest absolute Gasteiger partial charge is 0.223 e. The Morgan fingerprint density at radius 2 is 1.69 bits per heavy atom. The van der Waals surface area contributed by atoms with Gasteiger partial charge in [0.15, 0.2) is 5.82 Å². The molecule has 32 heavy (non-hydrogen) atoms. The SMILES string of the molecule is COc1ccc(CCC(=O)N2CCN(c3ccc(-c4ccc(C)cc4C)nn3)CC2)cc1. The highest BCUT2D eigenvalue weighted by Crippen LogP contribution is 2.23. The van der Waals surface area contributed by atoms with Gasteiger partial charge in [0, 0.05) is 38.2 Å². The highest BCUT2D eigenvalue weighted by atomic mass is 16.5. The summed E-state index contributed by atoms with van der Waals surface area (Å²) in [5.74, 6) is 1.90. The minimum Gasteiger partial charge on any atom is -0.497 e. The van der Waals surface area contributed by atoms with E-state index < -0.39 is 0 Å². The van der Waals surface area contributed by atoms with Crippen molar-refractivity contribution in [2.45, 2.75) is 26.7 Å². The van der Waals surface area contributed by atoms with E-state index in [0.717, 1.165) is 47.9 Å². The van der Waals surface area contributed by atoms with Crippen molar-refractivity contribution in [3.63, 3.8) is 0 Å². The van der Waals surface area contributed by atoms with Gasteiger partial charge in [-0.1, -0.05) is 35.9 Å². The number of ether oxygens (including phenoxy) is 1. The van der Waals surface area contributed by atoms with Crippen LogP contribution in [0.15, 0.2) is 54.6 Å². The van der Waals surface area contributed by atoms with Gasteiger partial charge in [0.2, 0.25) is 5.91 Å². The number of carbonyl (C=O) groups is 1. The van der Waals surface area contributed by atoms with E-state index in [-0.39, 0.29) is 5.91 Å². The molecule has 0 bridgehead atoms. The van der Waals surface area contributed by atoms with Crippen LogP contribution < -0.4 is 9.64 Å². The second-order valence-corrected chi connectivity index (χ2v) is 8.31. The van der Waals surface area contributed by atoms with Gasteiger partial charge in [-0.05, 0) is 55.7 Å². The normalized spacial score (nSPS) is 13.8. The molecule has 166 valence electrons. The Hall–Kier alpha value is -3.41. The van der Waals surface area contributed by atoms with E-state index in [2.05, 4.69) is 47.1 Å². The molecule has 1 amide bonds. The van der Waals surface area contributed by atoms with E-state index in [1.807, 2.05) is 41.3 Å². The number of methoxy groups -OCH3 is 1. The molecule has 0 atom stereocenters. The van der Waals surface area contributed by atoms with Crippen LogP contribution in [0.2, 0.25) is 0 Å². The fraction of sp³-hybridized carbons (Fsp3) is 0.346. The molecule has 2 aromatic carbocycles. The molecule has 1 aliphatic rings. The molecule has 2 heterocycles. The van der Waals surface area contributed by atoms with Crippen molar-refractivity contribution in [3.05, 3.63) is 71.3 Å². The molecule has 0 aliphatic carbocycles. The van der Waals surface area contributed by atoms with Crippen molar-refractivity contribution in [1.29, 1.82) is 0 Å². The summed E-state index contributed by atoms with van der Waals surface area (Å²) in [7, 11) is 1.66. The summed E-state index contributed by atoms with van der Waals surface area (Å²) in [6.07, 6.45) is 1.27. The maximum absolute atomic E-state index is 12.6. The Kier molecular flexibility index (Phi) is 6.69. The van der Waals surface area contributed by atoms with Crippen molar-refractivity contribution >= 4 is 11.7 Å². The lowest BCUT2D eigenvalue weighted by molar-refractivity contribution is -0.131. The first kappa shape index (κ1) is 21.8. The first-order chi connectivity index (χ1) is 15.5. The number of benzene rings is 2. The molecule has 1 aliphatic heterocycles. The molecule has 1 fully saturated rings. The molecular weight excluding hydrogens is 400 g/mol. The third kappa shape index (κ3) is 5.07. The summed E-state index contributed by atoms with van der Waals surface area (Å²) in [5.41, 5.74) is 5.60. The summed E-state index contributed by atoms with van der Waals surface area (Å²) < 4.78 is 5.19. The van der Waals surface area contributed by atoms with Crippen LogP contribution in [0.4, 0.5) is 5.82 Å². The van der Waals surface area contributed by atoms with Gasteiger partial charge in [-0.25, -0.2) is 0 Å². The highest BCUT2D eigenvalue weighted by molar-refractivity contribution is 5.76. The fourth-order valence-corrected chi connectivity index (χ4v) is 4.13. The van der Waals surface area contributed by atoms with Crippen molar-refractivity contribution in [2.24, 2.45) is 0 Å². The number of amides is 1. The van der Waals surface area contributed by atoms with Gasteiger partial charge in [-0.15, -0.1) is 10.2 Å². The summed E-state index contributed by atoms with van der Waals surface area (Å²) in [5, 5.41) is 8.93. The minimum atomic E-state index is 0.205. The fourth-order valence-electron chi connectivity index (χ4n) is 4.13. The van der Waals surface area contributed by atoms with Crippen LogP contribution in [0.3, 0.4) is 0 Å². The molecule has 1 aromatic heterocycles. The van der Waals surface area contributed by atoms with E-state index >= 15 is 0 Å². The third-order valence-electron chi connectivity index (χ3n) is 6.05. The average molecular weight is 431 g/mol. The van der Waals surface area contributed by atoms with Gasteiger partial charge in [0.25, 0.3) is 0 Å². The van der Waals surface area contributed by atoms with Crippen LogP contribution >= 0.6 is 0 Å². The Morgan fingerprint density at radius 1 is 0.938 bits per heavy atom. The van der Waals surface area contributed by atoms with Gasteiger partial charge in [-0.2, -0.15) is 0 Å². The largest absolute Gasteiger partial charge is 0.497 e. The van der Waals surface area contributed by atoms with Crippen molar-refractivity contribution < 1.29 is 9.53 Å². The van der Waals surface area contributed by atoms with Gasteiger partial charge in [-0.3, -0.25) is 4.79 Å². The maximum atomic E-state index is 12.6. The lowest BCUT2D eigenvalue weighted by atomic mass is 10.0. The number of carbonyl (C=O) groups excluding carboxylic acids is 1. The molecule has 6 nitrogen and oxygen atoms in total. The molecule has 0 spiro atoms. The second-order valence-electron chi connectivity index (χ2n) is 8.31. The molecule has 0 unspecified atom stereocenters. The topological polar surface area (TPSA) is 58.6 Å². The molecule has 3 aromatic rings.